The van der Waals surface area contributed by atoms with E-state index in [-0.39, 0.29) is 24.8 Å². The normalized spacial score (nSPS) is 16.7. The van der Waals surface area contributed by atoms with Crippen molar-refractivity contribution in [3.8, 4) is 0 Å². The molecule has 1 aliphatic rings. The average molecular weight is 365 g/mol. The number of aromatic nitrogens is 2. The maximum atomic E-state index is 13.7. The van der Waals surface area contributed by atoms with Crippen molar-refractivity contribution in [3.05, 3.63) is 47.3 Å². The number of aromatic amines is 1. The zero-order chi connectivity index (χ0) is 18.7. The number of rotatable bonds is 4. The lowest BCUT2D eigenvalue weighted by atomic mass is 10.1. The van der Waals surface area contributed by atoms with Gasteiger partial charge in [-0.15, -0.1) is 0 Å². The van der Waals surface area contributed by atoms with Crippen LogP contribution in [-0.4, -0.2) is 40.5 Å². The minimum absolute atomic E-state index is 0. The van der Waals surface area contributed by atoms with Crippen molar-refractivity contribution in [1.29, 1.82) is 0 Å². The molecule has 0 unspecified atom stereocenters. The van der Waals surface area contributed by atoms with Crippen molar-refractivity contribution in [3.63, 3.8) is 0 Å². The summed E-state index contributed by atoms with van der Waals surface area (Å²) in [7, 11) is 0. The number of nitrogens with one attached hydrogen (secondary N) is 4. The highest BCUT2D eigenvalue weighted by molar-refractivity contribution is 6.08. The largest absolute Gasteiger partial charge is 0.354 e. The van der Waals surface area contributed by atoms with Gasteiger partial charge < -0.3 is 16.0 Å². The number of hydrogen-bond donors (Lipinski definition) is 4. The Kier molecular flexibility index (Phi) is 4.92. The van der Waals surface area contributed by atoms with Crippen LogP contribution in [0.15, 0.2) is 24.4 Å². The van der Waals surface area contributed by atoms with Gasteiger partial charge in [0.15, 0.2) is 0 Å². The van der Waals surface area contributed by atoms with E-state index >= 15 is 0 Å². The van der Waals surface area contributed by atoms with Gasteiger partial charge in [0.05, 0.1) is 11.9 Å². The molecule has 2 aromatic rings. The molecule has 3 rings (SSSR count). The van der Waals surface area contributed by atoms with Crippen LogP contribution in [-0.2, 0) is 4.79 Å². The van der Waals surface area contributed by atoms with Gasteiger partial charge in [-0.1, -0.05) is 6.07 Å². The number of amides is 3. The molecule has 8 nitrogen and oxygen atoms in total. The highest BCUT2D eigenvalue weighted by atomic mass is 19.1. The Hall–Kier alpha value is -3.30. The van der Waals surface area contributed by atoms with Gasteiger partial charge in [-0.05, 0) is 18.6 Å². The van der Waals surface area contributed by atoms with Crippen molar-refractivity contribution in [1.82, 2.24) is 20.8 Å². The van der Waals surface area contributed by atoms with Gasteiger partial charge in [0, 0.05) is 20.4 Å². The molecule has 1 aromatic heterocycles. The van der Waals surface area contributed by atoms with Crippen LogP contribution in [0.1, 0.15) is 35.1 Å². The first-order valence-corrected chi connectivity index (χ1v) is 7.82. The summed E-state index contributed by atoms with van der Waals surface area (Å²) in [4.78, 5) is 35.6. The van der Waals surface area contributed by atoms with Crippen LogP contribution in [0, 0.1) is 11.6 Å². The van der Waals surface area contributed by atoms with Gasteiger partial charge in [-0.25, -0.2) is 8.78 Å². The van der Waals surface area contributed by atoms with Gasteiger partial charge in [0.25, 0.3) is 11.8 Å². The van der Waals surface area contributed by atoms with E-state index in [9.17, 15) is 23.2 Å². The number of benzene rings is 1. The quantitative estimate of drug-likeness (QED) is 0.651. The van der Waals surface area contributed by atoms with Crippen molar-refractivity contribution in [2.75, 3.05) is 11.9 Å². The van der Waals surface area contributed by atoms with Crippen LogP contribution in [0.3, 0.4) is 0 Å². The second-order valence-corrected chi connectivity index (χ2v) is 5.72. The van der Waals surface area contributed by atoms with Gasteiger partial charge in [0.1, 0.15) is 22.9 Å². The van der Waals surface area contributed by atoms with Gasteiger partial charge in [-0.2, -0.15) is 5.10 Å². The highest BCUT2D eigenvalue weighted by Gasteiger charge is 2.24. The van der Waals surface area contributed by atoms with E-state index in [0.29, 0.717) is 19.4 Å². The summed E-state index contributed by atoms with van der Waals surface area (Å²) in [6, 6.07) is 2.79. The lowest BCUT2D eigenvalue weighted by Gasteiger charge is -2.23. The van der Waals surface area contributed by atoms with Gasteiger partial charge >= 0.3 is 0 Å². The minimum atomic E-state index is -1.04. The predicted octanol–water partition coefficient (Wildman–Crippen LogP) is 1.19. The molecule has 1 aromatic carbocycles. The van der Waals surface area contributed by atoms with Crippen molar-refractivity contribution >= 4 is 23.4 Å². The molecule has 4 N–H and O–H groups in total. The predicted molar refractivity (Wildman–Crippen MR) is 88.5 cm³/mol. The monoisotopic (exact) mass is 365 g/mol. The van der Waals surface area contributed by atoms with Crippen LogP contribution in [0.4, 0.5) is 14.5 Å². The number of nitrogens with zero attached hydrogens (tertiary/aromatic N) is 1. The Morgan fingerprint density at radius 2 is 1.96 bits per heavy atom. The molecule has 26 heavy (non-hydrogen) atoms. The second kappa shape index (κ2) is 7.30. The van der Waals surface area contributed by atoms with Crippen molar-refractivity contribution in [2.24, 2.45) is 0 Å². The van der Waals surface area contributed by atoms with Gasteiger partial charge in [0.2, 0.25) is 5.91 Å². The summed E-state index contributed by atoms with van der Waals surface area (Å²) in [6.45, 7) is 0.293. The zero-order valence-corrected chi connectivity index (χ0v) is 13.4. The molecule has 0 saturated carbocycles. The molecule has 1 atom stereocenters. The lowest BCUT2D eigenvalue weighted by Crippen LogP contribution is -2.47. The van der Waals surface area contributed by atoms with Crippen LogP contribution < -0.4 is 16.0 Å². The van der Waals surface area contributed by atoms with E-state index < -0.39 is 29.0 Å². The van der Waals surface area contributed by atoms with E-state index in [1.165, 1.54) is 0 Å². The first-order chi connectivity index (χ1) is 12.5. The lowest BCUT2D eigenvalue weighted by molar-refractivity contribution is -0.122. The maximum Gasteiger partial charge on any atom is 0.271 e. The number of H-pyrrole nitrogens is 1. The van der Waals surface area contributed by atoms with Crippen LogP contribution in [0.5, 0.6) is 0 Å². The fraction of sp³-hybridized carbons (Fsp3) is 0.250. The molecule has 0 aliphatic carbocycles. The molecule has 10 heteroatoms. The Morgan fingerprint density at radius 3 is 2.62 bits per heavy atom. The SMILES string of the molecule is O=C1CC[C@H](NC(=O)c2[nH]ncc2NC(=O)c2c(F)cccc2F)CN1.[HH]. The molecular weight excluding hydrogens is 348 g/mol. The molecule has 0 spiro atoms. The van der Waals surface area contributed by atoms with Crippen molar-refractivity contribution < 1.29 is 24.6 Å². The van der Waals surface area contributed by atoms with Crippen LogP contribution in [0.2, 0.25) is 0 Å². The zero-order valence-electron chi connectivity index (χ0n) is 13.4. The molecule has 1 saturated heterocycles. The number of piperidine rings is 1. The summed E-state index contributed by atoms with van der Waals surface area (Å²) in [5.41, 5.74) is -0.836. The first kappa shape index (κ1) is 17.5. The molecule has 3 amide bonds. The summed E-state index contributed by atoms with van der Waals surface area (Å²) < 4.78 is 27.4. The standard InChI is InChI=1S/C16H15F2N5O3.H2/c17-9-2-1-3-10(18)13(9)15(25)22-11-7-20-23-14(11)16(26)21-8-4-5-12(24)19-6-8;/h1-3,7-8H,4-6H2,(H,19,24)(H,20,23)(H,21,26)(H,22,25);1H/t8-;/m0./s1. The number of halogens is 2. The Balaban J connectivity index is 0.00000261. The van der Waals surface area contributed by atoms with Gasteiger partial charge in [-0.3, -0.25) is 19.5 Å². The molecular formula is C16H17F2N5O3. The van der Waals surface area contributed by atoms with Crippen LogP contribution in [0.25, 0.3) is 0 Å². The fourth-order valence-electron chi connectivity index (χ4n) is 2.57. The third kappa shape index (κ3) is 3.68. The fourth-order valence-corrected chi connectivity index (χ4v) is 2.57. The second-order valence-electron chi connectivity index (χ2n) is 5.72. The van der Waals surface area contributed by atoms with E-state index in [2.05, 4.69) is 26.1 Å². The molecule has 2 heterocycles. The van der Waals surface area contributed by atoms with E-state index in [4.69, 9.17) is 0 Å². The summed E-state index contributed by atoms with van der Waals surface area (Å²) in [6.07, 6.45) is 1.94. The van der Waals surface area contributed by atoms with E-state index in [1.54, 1.807) is 0 Å². The summed E-state index contributed by atoms with van der Waals surface area (Å²) in [5, 5.41) is 13.7. The minimum Gasteiger partial charge on any atom is -0.354 e. The number of carbonyl (C=O) groups excluding carboxylic acids is 3. The summed E-state index contributed by atoms with van der Waals surface area (Å²) in [5.74, 6) is -3.73. The summed E-state index contributed by atoms with van der Waals surface area (Å²) >= 11 is 0. The van der Waals surface area contributed by atoms with E-state index in [1.807, 2.05) is 0 Å². The molecule has 0 bridgehead atoms. The van der Waals surface area contributed by atoms with Crippen molar-refractivity contribution in [2.45, 2.75) is 18.9 Å². The Morgan fingerprint density at radius 1 is 1.23 bits per heavy atom. The average Bonchev–Trinajstić information content (AvgIpc) is 3.05. The molecule has 0 radical (unpaired) electrons. The molecule has 1 fully saturated rings. The van der Waals surface area contributed by atoms with E-state index in [0.717, 1.165) is 24.4 Å². The third-order valence-electron chi connectivity index (χ3n) is 3.91. The number of hydrogen-bond acceptors (Lipinski definition) is 4. The molecule has 138 valence electrons. The number of anilines is 1. The third-order valence-corrected chi connectivity index (χ3v) is 3.91. The number of carbonyl (C=O) groups is 3. The maximum absolute atomic E-state index is 13.7. The molecule has 1 aliphatic heterocycles. The smallest absolute Gasteiger partial charge is 0.271 e. The first-order valence-electron chi connectivity index (χ1n) is 7.82. The Labute approximate surface area is 147 Å². The topological polar surface area (TPSA) is 116 Å². The Bertz CT molecular complexity index is 843. The highest BCUT2D eigenvalue weighted by Crippen LogP contribution is 2.17. The van der Waals surface area contributed by atoms with Crippen LogP contribution >= 0.6 is 0 Å².